The lowest BCUT2D eigenvalue weighted by Gasteiger charge is -2.30. The molecule has 5 nitrogen and oxygen atoms in total. The van der Waals surface area contributed by atoms with Gasteiger partial charge in [-0.1, -0.05) is 60.7 Å². The van der Waals surface area contributed by atoms with E-state index in [0.29, 0.717) is 22.7 Å². The highest BCUT2D eigenvalue weighted by Crippen LogP contribution is 2.36. The number of thiophene rings is 1. The van der Waals surface area contributed by atoms with Crippen LogP contribution in [0.5, 0.6) is 0 Å². The lowest BCUT2D eigenvalue weighted by atomic mass is 10.1. The molecule has 0 N–H and O–H groups in total. The van der Waals surface area contributed by atoms with Crippen LogP contribution in [-0.2, 0) is 17.9 Å². The Morgan fingerprint density at radius 3 is 2.50 bits per heavy atom. The van der Waals surface area contributed by atoms with Gasteiger partial charge in [-0.3, -0.25) is 14.2 Å². The lowest BCUT2D eigenvalue weighted by Crippen LogP contribution is -2.42. The van der Waals surface area contributed by atoms with Crippen molar-refractivity contribution < 1.29 is 4.79 Å². The first-order chi connectivity index (χ1) is 15.6. The van der Waals surface area contributed by atoms with Crippen LogP contribution in [-0.4, -0.2) is 26.4 Å². The monoisotopic (exact) mass is 443 g/mol. The molecule has 2 aromatic carbocycles. The molecule has 1 aliphatic carbocycles. The van der Waals surface area contributed by atoms with Crippen molar-refractivity contribution in [1.29, 1.82) is 0 Å². The van der Waals surface area contributed by atoms with Crippen LogP contribution in [0.4, 0.5) is 0 Å². The van der Waals surface area contributed by atoms with E-state index in [9.17, 15) is 9.59 Å². The molecule has 6 heteroatoms. The molecular formula is C26H25N3O2S. The number of aromatic nitrogens is 2. The van der Waals surface area contributed by atoms with Gasteiger partial charge in [0.1, 0.15) is 11.4 Å². The molecule has 0 aliphatic heterocycles. The number of benzene rings is 2. The molecule has 2 heterocycles. The molecule has 0 radical (unpaired) electrons. The number of nitrogens with zero attached hydrogens (tertiary/aromatic N) is 3. The summed E-state index contributed by atoms with van der Waals surface area (Å²) < 4.78 is 1.46. The van der Waals surface area contributed by atoms with Crippen molar-refractivity contribution in [3.05, 3.63) is 88.3 Å². The van der Waals surface area contributed by atoms with E-state index >= 15 is 0 Å². The van der Waals surface area contributed by atoms with Crippen LogP contribution >= 0.6 is 11.3 Å². The van der Waals surface area contributed by atoms with Gasteiger partial charge >= 0.3 is 0 Å². The van der Waals surface area contributed by atoms with E-state index in [4.69, 9.17) is 0 Å². The van der Waals surface area contributed by atoms with Crippen molar-refractivity contribution in [1.82, 2.24) is 14.5 Å². The topological polar surface area (TPSA) is 55.2 Å². The smallest absolute Gasteiger partial charge is 0.263 e. The Morgan fingerprint density at radius 1 is 1.12 bits per heavy atom. The average molecular weight is 444 g/mol. The molecule has 1 saturated carbocycles. The van der Waals surface area contributed by atoms with Gasteiger partial charge in [-0.2, -0.15) is 0 Å². The first-order valence-electron chi connectivity index (χ1n) is 11.0. The predicted octanol–water partition coefficient (Wildman–Crippen LogP) is 4.95. The largest absolute Gasteiger partial charge is 0.334 e. The van der Waals surface area contributed by atoms with E-state index in [-0.39, 0.29) is 24.1 Å². The molecule has 1 aliphatic rings. The summed E-state index contributed by atoms with van der Waals surface area (Å²) in [7, 11) is 0. The maximum Gasteiger partial charge on any atom is 0.263 e. The maximum atomic E-state index is 13.4. The highest BCUT2D eigenvalue weighted by molar-refractivity contribution is 7.17. The first-order valence-corrected chi connectivity index (χ1v) is 11.8. The number of carbonyl (C=O) groups excluding carboxylic acids is 1. The van der Waals surface area contributed by atoms with Gasteiger partial charge in [0.25, 0.3) is 5.56 Å². The molecule has 32 heavy (non-hydrogen) atoms. The summed E-state index contributed by atoms with van der Waals surface area (Å²) in [5.74, 6) is 0.495. The zero-order valence-corrected chi connectivity index (χ0v) is 18.8. The molecule has 0 bridgehead atoms. The number of rotatable bonds is 7. The average Bonchev–Trinajstić information content (AvgIpc) is 3.59. The summed E-state index contributed by atoms with van der Waals surface area (Å²) in [6.07, 6.45) is 3.82. The Kier molecular flexibility index (Phi) is 5.62. The first kappa shape index (κ1) is 20.6. The van der Waals surface area contributed by atoms with E-state index in [1.165, 1.54) is 22.2 Å². The van der Waals surface area contributed by atoms with E-state index in [1.807, 2.05) is 70.9 Å². The quantitative estimate of drug-likeness (QED) is 0.406. The summed E-state index contributed by atoms with van der Waals surface area (Å²) in [6.45, 7) is 2.67. The zero-order chi connectivity index (χ0) is 22.1. The third-order valence-electron chi connectivity index (χ3n) is 6.26. The fourth-order valence-corrected chi connectivity index (χ4v) is 5.13. The summed E-state index contributed by atoms with van der Waals surface area (Å²) in [5, 5.41) is 2.55. The fourth-order valence-electron chi connectivity index (χ4n) is 4.22. The van der Waals surface area contributed by atoms with Crippen LogP contribution in [0.1, 0.15) is 25.3 Å². The van der Waals surface area contributed by atoms with E-state index in [0.717, 1.165) is 29.5 Å². The summed E-state index contributed by atoms with van der Waals surface area (Å²) in [6, 6.07) is 20.0. The molecule has 2 aromatic heterocycles. The lowest BCUT2D eigenvalue weighted by molar-refractivity contribution is -0.135. The van der Waals surface area contributed by atoms with Crippen LogP contribution in [0.15, 0.2) is 77.2 Å². The van der Waals surface area contributed by atoms with Gasteiger partial charge in [-0.25, -0.2) is 4.98 Å². The molecule has 5 rings (SSSR count). The van der Waals surface area contributed by atoms with E-state index in [1.54, 1.807) is 0 Å². The number of amides is 1. The Morgan fingerprint density at radius 2 is 1.81 bits per heavy atom. The van der Waals surface area contributed by atoms with Gasteiger partial charge in [0, 0.05) is 23.5 Å². The molecule has 1 unspecified atom stereocenters. The third kappa shape index (κ3) is 4.10. The van der Waals surface area contributed by atoms with Gasteiger partial charge < -0.3 is 4.90 Å². The summed E-state index contributed by atoms with van der Waals surface area (Å²) >= 11 is 1.46. The van der Waals surface area contributed by atoms with Crippen LogP contribution < -0.4 is 5.56 Å². The van der Waals surface area contributed by atoms with Crippen molar-refractivity contribution in [3.8, 4) is 11.1 Å². The number of carbonyl (C=O) groups is 1. The predicted molar refractivity (Wildman–Crippen MR) is 128 cm³/mol. The normalized spacial score (nSPS) is 14.4. The Hall–Kier alpha value is -3.25. The minimum atomic E-state index is -0.165. The summed E-state index contributed by atoms with van der Waals surface area (Å²) in [4.78, 5) is 33.9. The zero-order valence-electron chi connectivity index (χ0n) is 18.0. The maximum absolute atomic E-state index is 13.4. The summed E-state index contributed by atoms with van der Waals surface area (Å²) in [5.41, 5.74) is 2.79. The van der Waals surface area contributed by atoms with Gasteiger partial charge in [0.05, 0.1) is 11.7 Å². The number of hydrogen-bond acceptors (Lipinski definition) is 4. The molecule has 0 saturated heterocycles. The Labute approximate surface area is 191 Å². The standard InChI is InChI=1S/C26H25N3O2S/c1-18(20-12-13-20)29(14-19-8-4-2-5-9-19)23(30)15-28-17-27-25-24(26(28)31)22(16-32-25)21-10-6-3-7-11-21/h2-11,16-18,20H,12-15H2,1H3. The van der Waals surface area contributed by atoms with Crippen molar-refractivity contribution >= 4 is 27.5 Å². The minimum Gasteiger partial charge on any atom is -0.334 e. The highest BCUT2D eigenvalue weighted by Gasteiger charge is 2.34. The molecule has 162 valence electrons. The fraction of sp³-hybridized carbons (Fsp3) is 0.269. The second kappa shape index (κ2) is 8.71. The SMILES string of the molecule is CC(C1CC1)N(Cc1ccccc1)C(=O)Cn1cnc2scc(-c3ccccc3)c2c1=O. The van der Waals surface area contributed by atoms with Crippen LogP contribution in [0, 0.1) is 5.92 Å². The van der Waals surface area contributed by atoms with Gasteiger partial charge in [-0.05, 0) is 36.8 Å². The van der Waals surface area contributed by atoms with Crippen molar-refractivity contribution in [3.63, 3.8) is 0 Å². The molecule has 0 spiro atoms. The Bertz CT molecular complexity index is 1290. The van der Waals surface area contributed by atoms with E-state index < -0.39 is 0 Å². The van der Waals surface area contributed by atoms with Crippen LogP contribution in [0.25, 0.3) is 21.3 Å². The van der Waals surface area contributed by atoms with Crippen molar-refractivity contribution in [2.45, 2.75) is 38.9 Å². The second-order valence-corrected chi connectivity index (χ2v) is 9.32. The van der Waals surface area contributed by atoms with Crippen LogP contribution in [0.2, 0.25) is 0 Å². The molecule has 4 aromatic rings. The van der Waals surface area contributed by atoms with Crippen molar-refractivity contribution in [2.75, 3.05) is 0 Å². The third-order valence-corrected chi connectivity index (χ3v) is 7.15. The number of hydrogen-bond donors (Lipinski definition) is 0. The molecule has 1 fully saturated rings. The van der Waals surface area contributed by atoms with Gasteiger partial charge in [-0.15, -0.1) is 11.3 Å². The van der Waals surface area contributed by atoms with E-state index in [2.05, 4.69) is 11.9 Å². The van der Waals surface area contributed by atoms with Crippen LogP contribution in [0.3, 0.4) is 0 Å². The molecular weight excluding hydrogens is 418 g/mol. The second-order valence-electron chi connectivity index (χ2n) is 8.46. The molecule has 1 atom stereocenters. The van der Waals surface area contributed by atoms with Gasteiger partial charge in [0.15, 0.2) is 0 Å². The minimum absolute atomic E-state index is 0.00422. The highest BCUT2D eigenvalue weighted by atomic mass is 32.1. The van der Waals surface area contributed by atoms with Gasteiger partial charge in [0.2, 0.25) is 5.91 Å². The Balaban J connectivity index is 1.46. The van der Waals surface area contributed by atoms with Crippen molar-refractivity contribution in [2.24, 2.45) is 5.92 Å². The molecule has 1 amide bonds. The number of fused-ring (bicyclic) bond motifs is 1.